The highest BCUT2D eigenvalue weighted by Crippen LogP contribution is 2.50. The quantitative estimate of drug-likeness (QED) is 0.772. The topological polar surface area (TPSA) is 21.3 Å². The van der Waals surface area contributed by atoms with Crippen LogP contribution in [0, 0.1) is 10.8 Å². The van der Waals surface area contributed by atoms with Crippen molar-refractivity contribution >= 4 is 0 Å². The van der Waals surface area contributed by atoms with E-state index in [2.05, 4.69) is 39.9 Å². The van der Waals surface area contributed by atoms with Gasteiger partial charge in [-0.05, 0) is 56.9 Å². The van der Waals surface area contributed by atoms with Gasteiger partial charge in [-0.3, -0.25) is 0 Å². The van der Waals surface area contributed by atoms with Crippen molar-refractivity contribution in [2.24, 2.45) is 10.8 Å². The Hall–Kier alpha value is -0.0800. The van der Waals surface area contributed by atoms with Crippen LogP contribution in [0.1, 0.15) is 79.6 Å². The van der Waals surface area contributed by atoms with Crippen LogP contribution < -0.4 is 5.32 Å². The molecule has 2 atom stereocenters. The average Bonchev–Trinajstić information content (AvgIpc) is 2.41. The van der Waals surface area contributed by atoms with E-state index in [4.69, 9.17) is 4.74 Å². The molecule has 0 aromatic heterocycles. The maximum absolute atomic E-state index is 6.55. The molecule has 1 N–H and O–H groups in total. The fraction of sp³-hybridized carbons (Fsp3) is 1.00. The van der Waals surface area contributed by atoms with Gasteiger partial charge in [0, 0.05) is 11.5 Å². The molecule has 0 aromatic rings. The first kappa shape index (κ1) is 16.3. The first-order valence-corrected chi connectivity index (χ1v) is 8.86. The summed E-state index contributed by atoms with van der Waals surface area (Å²) in [6, 6.07) is 0.674. The Bertz CT molecular complexity index is 299. The summed E-state index contributed by atoms with van der Waals surface area (Å²) >= 11 is 0. The molecular weight excluding hydrogens is 246 g/mol. The number of rotatable bonds is 6. The minimum atomic E-state index is 0.392. The third-order valence-electron chi connectivity index (χ3n) is 6.19. The highest BCUT2D eigenvalue weighted by molar-refractivity contribution is 5.07. The summed E-state index contributed by atoms with van der Waals surface area (Å²) in [6.07, 6.45) is 9.89. The van der Waals surface area contributed by atoms with Gasteiger partial charge in [-0.15, -0.1) is 0 Å². The standard InChI is InChI=1S/C18H35NO/c1-6-18(7-2)15(19-8-3)13-16(18)20-14-9-11-17(4,5)12-10-14/h14-16,19H,6-13H2,1-5H3. The van der Waals surface area contributed by atoms with Gasteiger partial charge in [0.1, 0.15) is 0 Å². The molecule has 2 heteroatoms. The van der Waals surface area contributed by atoms with Gasteiger partial charge in [0.2, 0.25) is 0 Å². The van der Waals surface area contributed by atoms with Crippen molar-refractivity contribution < 1.29 is 4.74 Å². The van der Waals surface area contributed by atoms with Crippen molar-refractivity contribution in [3.8, 4) is 0 Å². The van der Waals surface area contributed by atoms with Crippen LogP contribution in [0.15, 0.2) is 0 Å². The van der Waals surface area contributed by atoms with Gasteiger partial charge in [-0.2, -0.15) is 0 Å². The molecule has 2 aliphatic rings. The van der Waals surface area contributed by atoms with Gasteiger partial charge in [-0.1, -0.05) is 34.6 Å². The highest BCUT2D eigenvalue weighted by Gasteiger charge is 2.53. The SMILES string of the molecule is CCNC1CC(OC2CCC(C)(C)CC2)C1(CC)CC. The normalized spacial score (nSPS) is 32.9. The summed E-state index contributed by atoms with van der Waals surface area (Å²) in [7, 11) is 0. The summed E-state index contributed by atoms with van der Waals surface area (Å²) in [4.78, 5) is 0. The van der Waals surface area contributed by atoms with Crippen molar-refractivity contribution in [2.75, 3.05) is 6.54 Å². The van der Waals surface area contributed by atoms with Crippen LogP contribution in [-0.2, 0) is 4.74 Å². The predicted octanol–water partition coefficient (Wildman–Crippen LogP) is 4.53. The van der Waals surface area contributed by atoms with Crippen LogP contribution in [0.5, 0.6) is 0 Å². The second kappa shape index (κ2) is 6.36. The summed E-state index contributed by atoms with van der Waals surface area (Å²) < 4.78 is 6.55. The second-order valence-corrected chi connectivity index (χ2v) is 7.77. The van der Waals surface area contributed by atoms with E-state index >= 15 is 0 Å². The molecule has 2 saturated carbocycles. The molecular formula is C18H35NO. The van der Waals surface area contributed by atoms with Crippen LogP contribution in [0.3, 0.4) is 0 Å². The van der Waals surface area contributed by atoms with E-state index in [1.807, 2.05) is 0 Å². The molecule has 2 aliphatic carbocycles. The Balaban J connectivity index is 1.90. The van der Waals surface area contributed by atoms with Crippen LogP contribution in [-0.4, -0.2) is 24.8 Å². The second-order valence-electron chi connectivity index (χ2n) is 7.77. The minimum Gasteiger partial charge on any atom is -0.374 e. The zero-order valence-corrected chi connectivity index (χ0v) is 14.3. The number of hydrogen-bond acceptors (Lipinski definition) is 2. The van der Waals surface area contributed by atoms with Gasteiger partial charge >= 0.3 is 0 Å². The fourth-order valence-corrected chi connectivity index (χ4v) is 4.41. The molecule has 2 fully saturated rings. The van der Waals surface area contributed by atoms with E-state index in [0.29, 0.717) is 29.1 Å². The summed E-state index contributed by atoms with van der Waals surface area (Å²) in [5, 5.41) is 3.68. The van der Waals surface area contributed by atoms with Gasteiger partial charge < -0.3 is 10.1 Å². The van der Waals surface area contributed by atoms with E-state index < -0.39 is 0 Å². The van der Waals surface area contributed by atoms with Crippen molar-refractivity contribution in [2.45, 2.75) is 97.8 Å². The number of nitrogens with one attached hydrogen (secondary N) is 1. The molecule has 0 spiro atoms. The summed E-state index contributed by atoms with van der Waals surface area (Å²) in [6.45, 7) is 12.8. The first-order valence-electron chi connectivity index (χ1n) is 8.86. The van der Waals surface area contributed by atoms with Gasteiger partial charge in [-0.25, -0.2) is 0 Å². The van der Waals surface area contributed by atoms with Gasteiger partial charge in [0.05, 0.1) is 12.2 Å². The zero-order chi connectivity index (χ0) is 14.8. The molecule has 2 rings (SSSR count). The first-order chi connectivity index (χ1) is 9.47. The fourth-order valence-electron chi connectivity index (χ4n) is 4.41. The van der Waals surface area contributed by atoms with Crippen LogP contribution in [0.25, 0.3) is 0 Å². The van der Waals surface area contributed by atoms with Crippen LogP contribution in [0.4, 0.5) is 0 Å². The zero-order valence-electron chi connectivity index (χ0n) is 14.3. The van der Waals surface area contributed by atoms with Gasteiger partial charge in [0.15, 0.2) is 0 Å². The van der Waals surface area contributed by atoms with Gasteiger partial charge in [0.25, 0.3) is 0 Å². The van der Waals surface area contributed by atoms with Crippen molar-refractivity contribution in [1.29, 1.82) is 0 Å². The Morgan fingerprint density at radius 3 is 2.15 bits per heavy atom. The van der Waals surface area contributed by atoms with E-state index in [9.17, 15) is 0 Å². The van der Waals surface area contributed by atoms with Crippen molar-refractivity contribution in [3.05, 3.63) is 0 Å². The van der Waals surface area contributed by atoms with Crippen molar-refractivity contribution in [3.63, 3.8) is 0 Å². The molecule has 2 nitrogen and oxygen atoms in total. The van der Waals surface area contributed by atoms with Crippen LogP contribution in [0.2, 0.25) is 0 Å². The predicted molar refractivity (Wildman–Crippen MR) is 86.0 cm³/mol. The third kappa shape index (κ3) is 3.06. The molecule has 0 amide bonds. The maximum Gasteiger partial charge on any atom is 0.0664 e. The third-order valence-corrected chi connectivity index (χ3v) is 6.19. The Kier molecular flexibility index (Phi) is 5.18. The Labute approximate surface area is 126 Å². The lowest BCUT2D eigenvalue weighted by molar-refractivity contribution is -0.175. The molecule has 20 heavy (non-hydrogen) atoms. The average molecular weight is 281 g/mol. The smallest absolute Gasteiger partial charge is 0.0664 e. The summed E-state index contributed by atoms with van der Waals surface area (Å²) in [5.74, 6) is 0. The number of ether oxygens (including phenoxy) is 1. The lowest BCUT2D eigenvalue weighted by Crippen LogP contribution is -2.64. The molecule has 0 radical (unpaired) electrons. The summed E-state index contributed by atoms with van der Waals surface area (Å²) in [5.41, 5.74) is 0.932. The van der Waals surface area contributed by atoms with E-state index in [1.54, 1.807) is 0 Å². The lowest BCUT2D eigenvalue weighted by Gasteiger charge is -2.57. The highest BCUT2D eigenvalue weighted by atomic mass is 16.5. The minimum absolute atomic E-state index is 0.392. The molecule has 0 saturated heterocycles. The van der Waals surface area contributed by atoms with E-state index in [-0.39, 0.29) is 0 Å². The molecule has 118 valence electrons. The Morgan fingerprint density at radius 2 is 1.65 bits per heavy atom. The van der Waals surface area contributed by atoms with E-state index in [1.165, 1.54) is 44.9 Å². The monoisotopic (exact) mass is 281 g/mol. The maximum atomic E-state index is 6.55. The van der Waals surface area contributed by atoms with E-state index in [0.717, 1.165) is 6.54 Å². The molecule has 2 unspecified atom stereocenters. The molecule has 0 aliphatic heterocycles. The molecule has 0 bridgehead atoms. The lowest BCUT2D eigenvalue weighted by atomic mass is 9.58. The largest absolute Gasteiger partial charge is 0.374 e. The Morgan fingerprint density at radius 1 is 1.05 bits per heavy atom. The number of hydrogen-bond donors (Lipinski definition) is 1. The van der Waals surface area contributed by atoms with Crippen molar-refractivity contribution in [1.82, 2.24) is 5.32 Å². The molecule has 0 heterocycles. The molecule has 0 aromatic carbocycles. The van der Waals surface area contributed by atoms with Crippen LogP contribution >= 0.6 is 0 Å².